The zero-order valence-electron chi connectivity index (χ0n) is 13.3. The Morgan fingerprint density at radius 1 is 1.04 bits per heavy atom. The van der Waals surface area contributed by atoms with Gasteiger partial charge in [-0.1, -0.05) is 17.2 Å². The van der Waals surface area contributed by atoms with E-state index in [4.69, 9.17) is 9.57 Å². The van der Waals surface area contributed by atoms with Crippen LogP contribution in [-0.2, 0) is 19.2 Å². The summed E-state index contributed by atoms with van der Waals surface area (Å²) < 4.78 is 5.17. The van der Waals surface area contributed by atoms with Crippen molar-refractivity contribution in [2.45, 2.75) is 0 Å². The van der Waals surface area contributed by atoms with Gasteiger partial charge in [0.25, 0.3) is 11.8 Å². The Morgan fingerprint density at radius 2 is 1.64 bits per heavy atom. The predicted octanol–water partition coefficient (Wildman–Crippen LogP) is 0.333. The Labute approximate surface area is 148 Å². The molecule has 1 aromatic carbocycles. The number of imide groups is 1. The number of morpholine rings is 1. The summed E-state index contributed by atoms with van der Waals surface area (Å²) in [5.41, 5.74) is 0.408. The molecule has 2 aliphatic rings. The minimum Gasteiger partial charge on any atom is -0.378 e. The largest absolute Gasteiger partial charge is 0.378 e. The average molecular weight is 364 g/mol. The smallest absolute Gasteiger partial charge is 0.343 e. The second-order valence-electron chi connectivity index (χ2n) is 5.40. The molecular formula is C16H16N2O6S. The lowest BCUT2D eigenvalue weighted by atomic mass is 10.1. The molecule has 1 fully saturated rings. The van der Waals surface area contributed by atoms with E-state index < -0.39 is 17.8 Å². The first-order chi connectivity index (χ1) is 12.1. The van der Waals surface area contributed by atoms with E-state index in [1.165, 1.54) is 12.1 Å². The molecule has 0 aliphatic carbocycles. The van der Waals surface area contributed by atoms with Crippen molar-refractivity contribution in [1.29, 1.82) is 0 Å². The standard InChI is InChI=1S/C16H16N2O6S/c19-13(17-5-7-23-8-6-17)9-25-10-14(20)24-18-15(21)11-3-1-2-4-12(11)16(18)22/h1-4H,5-10H2. The third kappa shape index (κ3) is 3.83. The van der Waals surface area contributed by atoms with E-state index in [1.54, 1.807) is 17.0 Å². The zero-order chi connectivity index (χ0) is 17.8. The molecule has 3 amide bonds. The van der Waals surface area contributed by atoms with Gasteiger partial charge in [-0.2, -0.15) is 0 Å². The first-order valence-corrected chi connectivity index (χ1v) is 8.85. The van der Waals surface area contributed by atoms with E-state index in [2.05, 4.69) is 0 Å². The highest BCUT2D eigenvalue weighted by molar-refractivity contribution is 8.00. The van der Waals surface area contributed by atoms with E-state index in [1.807, 2.05) is 0 Å². The molecule has 0 saturated carbocycles. The van der Waals surface area contributed by atoms with Crippen LogP contribution in [-0.4, -0.2) is 71.5 Å². The lowest BCUT2D eigenvalue weighted by molar-refractivity contribution is -0.165. The van der Waals surface area contributed by atoms with Crippen LogP contribution in [0.2, 0.25) is 0 Å². The van der Waals surface area contributed by atoms with Crippen LogP contribution in [0.25, 0.3) is 0 Å². The van der Waals surface area contributed by atoms with Gasteiger partial charge in [-0.05, 0) is 12.1 Å². The highest BCUT2D eigenvalue weighted by Gasteiger charge is 2.38. The minimum absolute atomic E-state index is 0.0816. The lowest BCUT2D eigenvalue weighted by Gasteiger charge is -2.26. The number of amides is 3. The maximum atomic E-state index is 12.1. The number of ether oxygens (including phenoxy) is 1. The summed E-state index contributed by atoms with van der Waals surface area (Å²) in [6.45, 7) is 2.11. The molecule has 0 bridgehead atoms. The fourth-order valence-electron chi connectivity index (χ4n) is 2.50. The third-order valence-electron chi connectivity index (χ3n) is 3.76. The molecule has 0 spiro atoms. The molecular weight excluding hydrogens is 348 g/mol. The van der Waals surface area contributed by atoms with Crippen molar-refractivity contribution in [3.05, 3.63) is 35.4 Å². The zero-order valence-corrected chi connectivity index (χ0v) is 14.1. The summed E-state index contributed by atoms with van der Waals surface area (Å²) in [6, 6.07) is 6.25. The lowest BCUT2D eigenvalue weighted by Crippen LogP contribution is -2.41. The van der Waals surface area contributed by atoms with Crippen LogP contribution < -0.4 is 0 Å². The number of hydroxylamine groups is 2. The van der Waals surface area contributed by atoms with Gasteiger partial charge in [-0.3, -0.25) is 14.4 Å². The second kappa shape index (κ2) is 7.66. The van der Waals surface area contributed by atoms with Gasteiger partial charge in [0.15, 0.2) is 0 Å². The molecule has 2 aliphatic heterocycles. The van der Waals surface area contributed by atoms with Crippen molar-refractivity contribution >= 4 is 35.5 Å². The molecule has 8 nitrogen and oxygen atoms in total. The molecule has 3 rings (SSSR count). The van der Waals surface area contributed by atoms with Crippen LogP contribution in [0.4, 0.5) is 0 Å². The number of rotatable bonds is 5. The quantitative estimate of drug-likeness (QED) is 0.695. The molecule has 0 N–H and O–H groups in total. The molecule has 132 valence electrons. The number of hydrogen-bond donors (Lipinski definition) is 0. The first-order valence-electron chi connectivity index (χ1n) is 7.70. The van der Waals surface area contributed by atoms with Crippen molar-refractivity contribution in [2.75, 3.05) is 37.8 Å². The summed E-state index contributed by atoms with van der Waals surface area (Å²) in [4.78, 5) is 54.5. The predicted molar refractivity (Wildman–Crippen MR) is 87.8 cm³/mol. The number of fused-ring (bicyclic) bond motifs is 1. The van der Waals surface area contributed by atoms with Gasteiger partial charge in [0.2, 0.25) is 5.91 Å². The summed E-state index contributed by atoms with van der Waals surface area (Å²) in [7, 11) is 0. The number of nitrogens with zero attached hydrogens (tertiary/aromatic N) is 2. The third-order valence-corrected chi connectivity index (χ3v) is 4.65. The molecule has 25 heavy (non-hydrogen) atoms. The maximum Gasteiger partial charge on any atom is 0.343 e. The summed E-state index contributed by atoms with van der Waals surface area (Å²) in [5.74, 6) is -2.18. The molecule has 0 atom stereocenters. The average Bonchev–Trinajstić information content (AvgIpc) is 2.88. The SMILES string of the molecule is O=C(CSCC(=O)N1CCOCC1)ON1C(=O)c2ccccc2C1=O. The van der Waals surface area contributed by atoms with E-state index in [-0.39, 0.29) is 28.5 Å². The number of carbonyl (C=O) groups excluding carboxylic acids is 4. The highest BCUT2D eigenvalue weighted by atomic mass is 32.2. The normalized spacial score (nSPS) is 16.8. The van der Waals surface area contributed by atoms with Crippen molar-refractivity contribution in [3.63, 3.8) is 0 Å². The second-order valence-corrected chi connectivity index (χ2v) is 6.39. The first kappa shape index (κ1) is 17.4. The van der Waals surface area contributed by atoms with E-state index in [9.17, 15) is 19.2 Å². The van der Waals surface area contributed by atoms with E-state index >= 15 is 0 Å². The van der Waals surface area contributed by atoms with Crippen molar-refractivity contribution in [1.82, 2.24) is 9.96 Å². The van der Waals surface area contributed by atoms with Crippen LogP contribution in [0.1, 0.15) is 20.7 Å². The summed E-state index contributed by atoms with van der Waals surface area (Å²) in [6.07, 6.45) is 0. The number of thioether (sulfide) groups is 1. The van der Waals surface area contributed by atoms with Crippen LogP contribution >= 0.6 is 11.8 Å². The maximum absolute atomic E-state index is 12.1. The number of carbonyl (C=O) groups is 4. The minimum atomic E-state index is -0.755. The molecule has 1 saturated heterocycles. The Balaban J connectivity index is 1.46. The van der Waals surface area contributed by atoms with E-state index in [0.29, 0.717) is 31.4 Å². The Kier molecular flexibility index (Phi) is 5.34. The molecule has 0 unspecified atom stereocenters. The van der Waals surface area contributed by atoms with Gasteiger partial charge in [-0.25, -0.2) is 4.79 Å². The van der Waals surface area contributed by atoms with Crippen molar-refractivity contribution in [3.8, 4) is 0 Å². The summed E-state index contributed by atoms with van der Waals surface area (Å²) >= 11 is 1.08. The van der Waals surface area contributed by atoms with Crippen molar-refractivity contribution in [2.24, 2.45) is 0 Å². The Bertz CT molecular complexity index is 681. The van der Waals surface area contributed by atoms with Gasteiger partial charge in [0, 0.05) is 13.1 Å². The molecule has 0 aromatic heterocycles. The molecule has 9 heteroatoms. The molecule has 0 radical (unpaired) electrons. The van der Waals surface area contributed by atoms with Crippen LogP contribution in [0.3, 0.4) is 0 Å². The fourth-order valence-corrected chi connectivity index (χ4v) is 3.18. The topological polar surface area (TPSA) is 93.2 Å². The van der Waals surface area contributed by atoms with Crippen LogP contribution in [0.5, 0.6) is 0 Å². The number of benzene rings is 1. The Hall–Kier alpha value is -2.39. The van der Waals surface area contributed by atoms with Gasteiger partial charge >= 0.3 is 5.97 Å². The monoisotopic (exact) mass is 364 g/mol. The number of hydrogen-bond acceptors (Lipinski definition) is 7. The molecule has 1 aromatic rings. The molecule has 2 heterocycles. The van der Waals surface area contributed by atoms with E-state index in [0.717, 1.165) is 11.8 Å². The van der Waals surface area contributed by atoms with Gasteiger partial charge in [0.05, 0.1) is 35.8 Å². The van der Waals surface area contributed by atoms with Crippen molar-refractivity contribution < 1.29 is 28.8 Å². The summed E-state index contributed by atoms with van der Waals surface area (Å²) in [5, 5.41) is 0.470. The van der Waals surface area contributed by atoms with Crippen LogP contribution in [0, 0.1) is 0 Å². The van der Waals surface area contributed by atoms with Crippen LogP contribution in [0.15, 0.2) is 24.3 Å². The van der Waals surface area contributed by atoms with Gasteiger partial charge < -0.3 is 14.5 Å². The fraction of sp³-hybridized carbons (Fsp3) is 0.375. The van der Waals surface area contributed by atoms with Gasteiger partial charge in [-0.15, -0.1) is 11.8 Å². The van der Waals surface area contributed by atoms with Gasteiger partial charge in [0.1, 0.15) is 0 Å². The Morgan fingerprint density at radius 3 is 2.24 bits per heavy atom. The highest BCUT2D eigenvalue weighted by Crippen LogP contribution is 2.22.